The van der Waals surface area contributed by atoms with Crippen LogP contribution < -0.4 is 4.74 Å². The van der Waals surface area contributed by atoms with Gasteiger partial charge in [0.05, 0.1) is 12.0 Å². The summed E-state index contributed by atoms with van der Waals surface area (Å²) in [4.78, 5) is 6.45. The number of hydrogen-bond donors (Lipinski definition) is 1. The second-order valence-corrected chi connectivity index (χ2v) is 5.96. The van der Waals surface area contributed by atoms with Gasteiger partial charge in [-0.3, -0.25) is 4.90 Å². The lowest BCUT2D eigenvalue weighted by Gasteiger charge is -2.23. The molecule has 1 saturated heterocycles. The van der Waals surface area contributed by atoms with Gasteiger partial charge in [-0.05, 0) is 18.6 Å². The van der Waals surface area contributed by atoms with Crippen LogP contribution in [0, 0.1) is 5.82 Å². The lowest BCUT2D eigenvalue weighted by molar-refractivity contribution is 0.00322. The molecule has 5 nitrogen and oxygen atoms in total. The van der Waals surface area contributed by atoms with E-state index in [0.29, 0.717) is 25.3 Å². The van der Waals surface area contributed by atoms with Gasteiger partial charge in [0.25, 0.3) is 0 Å². The third-order valence-electron chi connectivity index (χ3n) is 3.86. The molecule has 0 spiro atoms. The minimum absolute atomic E-state index is 0.162. The molecule has 0 saturated carbocycles. The first-order valence-electron chi connectivity index (χ1n) is 7.32. The van der Waals surface area contributed by atoms with Crippen LogP contribution in [0.2, 0.25) is 0 Å². The van der Waals surface area contributed by atoms with Crippen LogP contribution in [-0.2, 0) is 13.6 Å². The fourth-order valence-electron chi connectivity index (χ4n) is 2.75. The molecule has 118 valence electrons. The van der Waals surface area contributed by atoms with Crippen molar-refractivity contribution in [2.24, 2.45) is 7.05 Å². The number of rotatable bonds is 5. The van der Waals surface area contributed by atoms with E-state index in [1.165, 1.54) is 12.1 Å². The summed E-state index contributed by atoms with van der Waals surface area (Å²) in [6, 6.07) is 5.97. The predicted octanol–water partition coefficient (Wildman–Crippen LogP) is 1.57. The molecule has 2 heterocycles. The fraction of sp³-hybridized carbons (Fsp3) is 0.438. The van der Waals surface area contributed by atoms with E-state index in [4.69, 9.17) is 4.74 Å². The van der Waals surface area contributed by atoms with Crippen LogP contribution in [0.15, 0.2) is 36.8 Å². The second-order valence-electron chi connectivity index (χ2n) is 5.96. The molecule has 22 heavy (non-hydrogen) atoms. The van der Waals surface area contributed by atoms with E-state index in [9.17, 15) is 9.50 Å². The number of β-amino-alcohol motifs (C(OH)–C–C–N with tert-alkyl or cyclic N) is 1. The van der Waals surface area contributed by atoms with Gasteiger partial charge in [0.15, 0.2) is 0 Å². The van der Waals surface area contributed by atoms with Crippen molar-refractivity contribution in [1.82, 2.24) is 14.5 Å². The van der Waals surface area contributed by atoms with Gasteiger partial charge in [-0.15, -0.1) is 0 Å². The summed E-state index contributed by atoms with van der Waals surface area (Å²) in [5, 5.41) is 10.6. The lowest BCUT2D eigenvalue weighted by atomic mass is 10.1. The van der Waals surface area contributed by atoms with Gasteiger partial charge in [-0.1, -0.05) is 6.07 Å². The van der Waals surface area contributed by atoms with Crippen molar-refractivity contribution >= 4 is 0 Å². The molecule has 1 aromatic carbocycles. The molecule has 1 fully saturated rings. The average molecular weight is 305 g/mol. The van der Waals surface area contributed by atoms with E-state index >= 15 is 0 Å². The molecule has 1 aromatic heterocycles. The smallest absolute Gasteiger partial charge is 0.126 e. The number of aryl methyl sites for hydroxylation is 1. The molecule has 3 rings (SSSR count). The number of aromatic nitrogens is 2. The average Bonchev–Trinajstić information content (AvgIpc) is 3.04. The SMILES string of the molecule is Cn1cnc(CN2CCC(O)(COc3cccc(F)c3)C2)c1. The van der Waals surface area contributed by atoms with E-state index in [1.54, 1.807) is 18.5 Å². The van der Waals surface area contributed by atoms with Gasteiger partial charge in [-0.2, -0.15) is 0 Å². The van der Waals surface area contributed by atoms with Crippen LogP contribution >= 0.6 is 0 Å². The van der Waals surface area contributed by atoms with Crippen LogP contribution in [0.5, 0.6) is 5.75 Å². The zero-order valence-corrected chi connectivity index (χ0v) is 12.6. The zero-order valence-electron chi connectivity index (χ0n) is 12.6. The minimum Gasteiger partial charge on any atom is -0.490 e. The number of benzene rings is 1. The topological polar surface area (TPSA) is 50.5 Å². The third-order valence-corrected chi connectivity index (χ3v) is 3.86. The lowest BCUT2D eigenvalue weighted by Crippen LogP contribution is -2.39. The molecular formula is C16H20FN3O2. The Morgan fingerprint density at radius 1 is 1.45 bits per heavy atom. The summed E-state index contributed by atoms with van der Waals surface area (Å²) in [5.41, 5.74) is 0.0824. The van der Waals surface area contributed by atoms with Crippen LogP contribution in [0.3, 0.4) is 0 Å². The van der Waals surface area contributed by atoms with E-state index in [0.717, 1.165) is 12.2 Å². The monoisotopic (exact) mass is 305 g/mol. The standard InChI is InChI=1S/C16H20FN3O2/c1-19-8-14(18-12-19)9-20-6-5-16(21,10-20)11-22-15-4-2-3-13(17)7-15/h2-4,7-8,12,21H,5-6,9-11H2,1H3. The Morgan fingerprint density at radius 2 is 2.32 bits per heavy atom. The maximum Gasteiger partial charge on any atom is 0.126 e. The molecule has 1 aliphatic heterocycles. The highest BCUT2D eigenvalue weighted by atomic mass is 19.1. The molecule has 2 aromatic rings. The van der Waals surface area contributed by atoms with Crippen LogP contribution in [-0.4, -0.2) is 44.9 Å². The number of hydrogen-bond acceptors (Lipinski definition) is 4. The highest BCUT2D eigenvalue weighted by Gasteiger charge is 2.37. The summed E-state index contributed by atoms with van der Waals surface area (Å²) >= 11 is 0. The van der Waals surface area contributed by atoms with Crippen molar-refractivity contribution in [3.8, 4) is 5.75 Å². The Balaban J connectivity index is 1.54. The van der Waals surface area contributed by atoms with Gasteiger partial charge in [0.1, 0.15) is 23.8 Å². The largest absolute Gasteiger partial charge is 0.490 e. The Bertz CT molecular complexity index is 646. The van der Waals surface area contributed by atoms with Crippen molar-refractivity contribution in [2.45, 2.75) is 18.6 Å². The minimum atomic E-state index is -0.902. The normalized spacial score (nSPS) is 22.1. The summed E-state index contributed by atoms with van der Waals surface area (Å²) in [6.07, 6.45) is 4.38. The summed E-state index contributed by atoms with van der Waals surface area (Å²) in [6.45, 7) is 2.19. The summed E-state index contributed by atoms with van der Waals surface area (Å²) in [5.74, 6) is 0.101. The Labute approximate surface area is 129 Å². The highest BCUT2D eigenvalue weighted by Crippen LogP contribution is 2.24. The number of aliphatic hydroxyl groups is 1. The molecule has 1 atom stereocenters. The van der Waals surface area contributed by atoms with Crippen LogP contribution in [0.1, 0.15) is 12.1 Å². The quantitative estimate of drug-likeness (QED) is 0.911. The Hall–Kier alpha value is -1.92. The van der Waals surface area contributed by atoms with Crippen LogP contribution in [0.25, 0.3) is 0 Å². The number of likely N-dealkylation sites (tertiary alicyclic amines) is 1. The molecule has 1 aliphatic rings. The van der Waals surface area contributed by atoms with Gasteiger partial charge in [0, 0.05) is 38.9 Å². The first-order valence-corrected chi connectivity index (χ1v) is 7.32. The number of halogens is 1. The fourth-order valence-corrected chi connectivity index (χ4v) is 2.75. The van der Waals surface area contributed by atoms with Gasteiger partial charge in [-0.25, -0.2) is 9.37 Å². The van der Waals surface area contributed by atoms with Crippen molar-refractivity contribution in [3.63, 3.8) is 0 Å². The summed E-state index contributed by atoms with van der Waals surface area (Å²) in [7, 11) is 1.93. The number of imidazole rings is 1. The molecule has 0 radical (unpaired) electrons. The number of nitrogens with zero attached hydrogens (tertiary/aromatic N) is 3. The molecule has 0 aliphatic carbocycles. The molecule has 0 amide bonds. The Kier molecular flexibility index (Phi) is 4.13. The van der Waals surface area contributed by atoms with E-state index < -0.39 is 5.60 Å². The van der Waals surface area contributed by atoms with E-state index in [1.807, 2.05) is 17.8 Å². The van der Waals surface area contributed by atoms with Crippen molar-refractivity contribution < 1.29 is 14.2 Å². The van der Waals surface area contributed by atoms with E-state index in [-0.39, 0.29) is 12.4 Å². The zero-order chi connectivity index (χ0) is 15.6. The van der Waals surface area contributed by atoms with Crippen LogP contribution in [0.4, 0.5) is 4.39 Å². The molecular weight excluding hydrogens is 285 g/mol. The maximum atomic E-state index is 13.1. The maximum absolute atomic E-state index is 13.1. The van der Waals surface area contributed by atoms with Gasteiger partial charge in [0.2, 0.25) is 0 Å². The van der Waals surface area contributed by atoms with E-state index in [2.05, 4.69) is 9.88 Å². The molecule has 1 N–H and O–H groups in total. The number of ether oxygens (including phenoxy) is 1. The van der Waals surface area contributed by atoms with Crippen molar-refractivity contribution in [1.29, 1.82) is 0 Å². The molecule has 0 bridgehead atoms. The molecule has 1 unspecified atom stereocenters. The predicted molar refractivity (Wildman–Crippen MR) is 79.9 cm³/mol. The molecule has 6 heteroatoms. The second kappa shape index (κ2) is 6.06. The first kappa shape index (κ1) is 15.0. The first-order chi connectivity index (χ1) is 10.5. The van der Waals surface area contributed by atoms with Gasteiger partial charge < -0.3 is 14.4 Å². The third kappa shape index (κ3) is 3.64. The Morgan fingerprint density at radius 3 is 3.05 bits per heavy atom. The highest BCUT2D eigenvalue weighted by molar-refractivity contribution is 5.22. The van der Waals surface area contributed by atoms with Gasteiger partial charge >= 0.3 is 0 Å². The summed E-state index contributed by atoms with van der Waals surface area (Å²) < 4.78 is 20.6. The van der Waals surface area contributed by atoms with Crippen molar-refractivity contribution in [2.75, 3.05) is 19.7 Å². The van der Waals surface area contributed by atoms with Crippen molar-refractivity contribution in [3.05, 3.63) is 48.3 Å².